The summed E-state index contributed by atoms with van der Waals surface area (Å²) in [5.74, 6) is 0.719. The molecular weight excluding hydrogens is 240 g/mol. The average molecular weight is 267 g/mol. The summed E-state index contributed by atoms with van der Waals surface area (Å²) in [5, 5.41) is 0.190. The van der Waals surface area contributed by atoms with Crippen LogP contribution in [0.3, 0.4) is 0 Å². The van der Waals surface area contributed by atoms with Gasteiger partial charge in [0.25, 0.3) is 0 Å². The molecule has 18 heavy (non-hydrogen) atoms. The fraction of sp³-hybridized carbons (Fsp3) is 0.647. The van der Waals surface area contributed by atoms with Gasteiger partial charge in [-0.3, -0.25) is 0 Å². The van der Waals surface area contributed by atoms with Crippen molar-refractivity contribution in [2.75, 3.05) is 0 Å². The minimum absolute atomic E-state index is 0.190. The minimum atomic E-state index is 0.190. The predicted octanol–water partition coefficient (Wildman–Crippen LogP) is 6.14. The molecule has 0 spiro atoms. The molecule has 0 aliphatic heterocycles. The van der Waals surface area contributed by atoms with E-state index in [2.05, 4.69) is 45.0 Å². The van der Waals surface area contributed by atoms with E-state index < -0.39 is 0 Å². The Morgan fingerprint density at radius 2 is 1.67 bits per heavy atom. The first kappa shape index (κ1) is 15.6. The molecule has 0 nitrogen and oxygen atoms in total. The molecule has 0 fully saturated rings. The quantitative estimate of drug-likeness (QED) is 0.392. The zero-order valence-electron chi connectivity index (χ0n) is 12.1. The smallest absolute Gasteiger partial charge is 0.0585 e. The van der Waals surface area contributed by atoms with Gasteiger partial charge in [-0.05, 0) is 29.9 Å². The van der Waals surface area contributed by atoms with Crippen LogP contribution < -0.4 is 0 Å². The van der Waals surface area contributed by atoms with E-state index in [0.717, 1.165) is 18.8 Å². The molecule has 0 heterocycles. The van der Waals surface area contributed by atoms with Gasteiger partial charge >= 0.3 is 0 Å². The van der Waals surface area contributed by atoms with E-state index in [0.29, 0.717) is 0 Å². The van der Waals surface area contributed by atoms with Gasteiger partial charge in [-0.2, -0.15) is 0 Å². The maximum absolute atomic E-state index is 6.44. The van der Waals surface area contributed by atoms with Crippen LogP contribution in [0.15, 0.2) is 24.3 Å². The lowest BCUT2D eigenvalue weighted by atomic mass is 9.99. The average Bonchev–Trinajstić information content (AvgIpc) is 2.34. The van der Waals surface area contributed by atoms with Crippen LogP contribution in [0.25, 0.3) is 0 Å². The largest absolute Gasteiger partial charge is 0.118 e. The van der Waals surface area contributed by atoms with Crippen LogP contribution in [-0.2, 0) is 6.42 Å². The van der Waals surface area contributed by atoms with Crippen LogP contribution >= 0.6 is 11.6 Å². The molecular formula is C17H27Cl. The van der Waals surface area contributed by atoms with E-state index in [1.54, 1.807) is 0 Å². The molecule has 0 N–H and O–H groups in total. The maximum atomic E-state index is 6.44. The van der Waals surface area contributed by atoms with Crippen molar-refractivity contribution in [2.45, 2.75) is 64.7 Å². The van der Waals surface area contributed by atoms with Gasteiger partial charge in [0, 0.05) is 0 Å². The van der Waals surface area contributed by atoms with Crippen molar-refractivity contribution in [3.8, 4) is 0 Å². The molecule has 1 heteroatoms. The molecule has 1 atom stereocenters. The van der Waals surface area contributed by atoms with Crippen LogP contribution in [0.2, 0.25) is 0 Å². The Kier molecular flexibility index (Phi) is 7.42. The summed E-state index contributed by atoms with van der Waals surface area (Å²) in [6.07, 6.45) is 7.43. The second-order valence-corrected chi connectivity index (χ2v) is 6.18. The number of unbranched alkanes of at least 4 members (excludes halogenated alkanes) is 3. The summed E-state index contributed by atoms with van der Waals surface area (Å²) in [6.45, 7) is 6.75. The Morgan fingerprint density at radius 1 is 1.00 bits per heavy atom. The zero-order valence-corrected chi connectivity index (χ0v) is 12.8. The Balaban J connectivity index is 2.41. The fourth-order valence-electron chi connectivity index (χ4n) is 2.25. The molecule has 1 rings (SSSR count). The summed E-state index contributed by atoms with van der Waals surface area (Å²) in [6, 6.07) is 8.87. The van der Waals surface area contributed by atoms with Gasteiger partial charge in [0.1, 0.15) is 0 Å². The summed E-state index contributed by atoms with van der Waals surface area (Å²) < 4.78 is 0. The molecule has 1 aromatic carbocycles. The first-order valence-corrected chi connectivity index (χ1v) is 7.80. The second-order valence-electron chi connectivity index (χ2n) is 5.66. The zero-order chi connectivity index (χ0) is 13.4. The van der Waals surface area contributed by atoms with Gasteiger partial charge in [0.15, 0.2) is 0 Å². The van der Waals surface area contributed by atoms with Gasteiger partial charge in [0.05, 0.1) is 5.38 Å². The van der Waals surface area contributed by atoms with Crippen molar-refractivity contribution in [2.24, 2.45) is 5.92 Å². The van der Waals surface area contributed by atoms with Gasteiger partial charge in [-0.25, -0.2) is 0 Å². The monoisotopic (exact) mass is 266 g/mol. The lowest BCUT2D eigenvalue weighted by molar-refractivity contribution is 0.623. The van der Waals surface area contributed by atoms with Crippen molar-refractivity contribution >= 4 is 11.6 Å². The third-order valence-electron chi connectivity index (χ3n) is 3.30. The maximum Gasteiger partial charge on any atom is 0.0585 e. The topological polar surface area (TPSA) is 0 Å². The highest BCUT2D eigenvalue weighted by Crippen LogP contribution is 2.27. The molecule has 0 saturated heterocycles. The van der Waals surface area contributed by atoms with Gasteiger partial charge < -0.3 is 0 Å². The summed E-state index contributed by atoms with van der Waals surface area (Å²) >= 11 is 6.44. The van der Waals surface area contributed by atoms with Crippen LogP contribution in [0, 0.1) is 5.92 Å². The van der Waals surface area contributed by atoms with Crippen molar-refractivity contribution in [3.63, 3.8) is 0 Å². The highest BCUT2D eigenvalue weighted by Gasteiger charge is 2.07. The van der Waals surface area contributed by atoms with E-state index in [9.17, 15) is 0 Å². The Bertz CT molecular complexity index is 313. The Morgan fingerprint density at radius 3 is 2.22 bits per heavy atom. The van der Waals surface area contributed by atoms with E-state index in [-0.39, 0.29) is 5.38 Å². The number of alkyl halides is 1. The number of rotatable bonds is 8. The highest BCUT2D eigenvalue weighted by molar-refractivity contribution is 6.20. The molecule has 0 saturated carbocycles. The number of hydrogen-bond donors (Lipinski definition) is 0. The number of halogens is 1. The SMILES string of the molecule is CCCCCCC(Cl)c1ccc(CC(C)C)cc1. The molecule has 1 unspecified atom stereocenters. The van der Waals surface area contributed by atoms with Crippen LogP contribution in [0.5, 0.6) is 0 Å². The van der Waals surface area contributed by atoms with Crippen LogP contribution in [-0.4, -0.2) is 0 Å². The summed E-state index contributed by atoms with van der Waals surface area (Å²) in [4.78, 5) is 0. The summed E-state index contributed by atoms with van der Waals surface area (Å²) in [7, 11) is 0. The van der Waals surface area contributed by atoms with Gasteiger partial charge in [-0.15, -0.1) is 11.6 Å². The normalized spacial score (nSPS) is 12.9. The van der Waals surface area contributed by atoms with Crippen molar-refractivity contribution in [1.82, 2.24) is 0 Å². The number of benzene rings is 1. The molecule has 0 bridgehead atoms. The number of hydrogen-bond acceptors (Lipinski definition) is 0. The summed E-state index contributed by atoms with van der Waals surface area (Å²) in [5.41, 5.74) is 2.70. The Hall–Kier alpha value is -0.490. The van der Waals surface area contributed by atoms with Crippen LogP contribution in [0.1, 0.15) is 69.4 Å². The molecule has 0 amide bonds. The lowest BCUT2D eigenvalue weighted by Gasteiger charge is -2.11. The van der Waals surface area contributed by atoms with Crippen LogP contribution in [0.4, 0.5) is 0 Å². The second kappa shape index (κ2) is 8.58. The van der Waals surface area contributed by atoms with Gasteiger partial charge in [0.2, 0.25) is 0 Å². The minimum Gasteiger partial charge on any atom is -0.118 e. The third-order valence-corrected chi connectivity index (χ3v) is 3.77. The van der Waals surface area contributed by atoms with Gasteiger partial charge in [-0.1, -0.05) is 70.7 Å². The van der Waals surface area contributed by atoms with E-state index in [1.807, 2.05) is 0 Å². The van der Waals surface area contributed by atoms with Crippen molar-refractivity contribution in [1.29, 1.82) is 0 Å². The standard InChI is InChI=1S/C17H27Cl/c1-4-5-6-7-8-17(18)16-11-9-15(10-12-16)13-14(2)3/h9-12,14,17H,4-8,13H2,1-3H3. The first-order chi connectivity index (χ1) is 8.63. The molecule has 0 aromatic heterocycles. The molecule has 0 radical (unpaired) electrons. The van der Waals surface area contributed by atoms with E-state index >= 15 is 0 Å². The van der Waals surface area contributed by atoms with Crippen molar-refractivity contribution < 1.29 is 0 Å². The first-order valence-electron chi connectivity index (χ1n) is 7.36. The third kappa shape index (κ3) is 5.91. The van der Waals surface area contributed by atoms with E-state index in [4.69, 9.17) is 11.6 Å². The molecule has 102 valence electrons. The van der Waals surface area contributed by atoms with Crippen molar-refractivity contribution in [3.05, 3.63) is 35.4 Å². The molecule has 0 aliphatic carbocycles. The molecule has 1 aromatic rings. The Labute approximate surface area is 118 Å². The van der Waals surface area contributed by atoms with E-state index in [1.165, 1.54) is 36.8 Å². The molecule has 0 aliphatic rings. The fourth-order valence-corrected chi connectivity index (χ4v) is 2.55. The lowest BCUT2D eigenvalue weighted by Crippen LogP contribution is -1.96. The predicted molar refractivity (Wildman–Crippen MR) is 82.3 cm³/mol. The highest BCUT2D eigenvalue weighted by atomic mass is 35.5.